The van der Waals surface area contributed by atoms with Gasteiger partial charge in [-0.3, -0.25) is 4.79 Å². The molecule has 4 rings (SSSR count). The van der Waals surface area contributed by atoms with Crippen molar-refractivity contribution in [2.75, 3.05) is 20.3 Å². The predicted molar refractivity (Wildman–Crippen MR) is 133 cm³/mol. The summed E-state index contributed by atoms with van der Waals surface area (Å²) in [6.07, 6.45) is -13.7. The SMILES string of the molecule is COC(=O)Cc1ccc([C@H]2O[C@H](CO)[C@@H](O)[C@H](O)[C@@H]2O)cc1-c1cccc([C@H]2O[C@H](CO)[C@@H](O)[C@H](O)[C@@H]2O)c1. The van der Waals surface area contributed by atoms with Crippen molar-refractivity contribution in [3.63, 3.8) is 0 Å². The van der Waals surface area contributed by atoms with Crippen LogP contribution in [0.25, 0.3) is 11.1 Å². The summed E-state index contributed by atoms with van der Waals surface area (Å²) in [5.41, 5.74) is 2.43. The van der Waals surface area contributed by atoms with Gasteiger partial charge in [-0.1, -0.05) is 30.3 Å². The number of carbonyl (C=O) groups is 1. The van der Waals surface area contributed by atoms with E-state index in [0.29, 0.717) is 27.8 Å². The Morgan fingerprint density at radius 2 is 1.28 bits per heavy atom. The zero-order valence-corrected chi connectivity index (χ0v) is 21.1. The lowest BCUT2D eigenvalue weighted by molar-refractivity contribution is -0.231. The Labute approximate surface area is 224 Å². The number of esters is 1. The molecule has 0 unspecified atom stereocenters. The highest BCUT2D eigenvalue weighted by atomic mass is 16.6. The number of hydrogen-bond acceptors (Lipinski definition) is 12. The summed E-state index contributed by atoms with van der Waals surface area (Å²) in [4.78, 5) is 12.2. The Bertz CT molecular complexity index is 1140. The quantitative estimate of drug-likeness (QED) is 0.178. The smallest absolute Gasteiger partial charge is 0.309 e. The van der Waals surface area contributed by atoms with E-state index >= 15 is 0 Å². The molecule has 12 nitrogen and oxygen atoms in total. The second kappa shape index (κ2) is 12.4. The molecule has 2 heterocycles. The second-order valence-corrected chi connectivity index (χ2v) is 9.79. The summed E-state index contributed by atoms with van der Waals surface area (Å²) < 4.78 is 16.2. The number of aliphatic hydroxyl groups is 8. The molecule has 8 N–H and O–H groups in total. The van der Waals surface area contributed by atoms with Gasteiger partial charge in [0.05, 0.1) is 26.7 Å². The Hall–Kier alpha value is -2.49. The highest BCUT2D eigenvalue weighted by Crippen LogP contribution is 2.38. The van der Waals surface area contributed by atoms with Crippen LogP contribution < -0.4 is 0 Å². The maximum atomic E-state index is 12.2. The minimum atomic E-state index is -1.58. The maximum absolute atomic E-state index is 12.2. The van der Waals surface area contributed by atoms with E-state index < -0.39 is 80.2 Å². The third-order valence-corrected chi connectivity index (χ3v) is 7.34. The van der Waals surface area contributed by atoms with Crippen molar-refractivity contribution in [1.29, 1.82) is 0 Å². The molecule has 12 heteroatoms. The molecule has 0 radical (unpaired) electrons. The van der Waals surface area contributed by atoms with Gasteiger partial charge in [-0.2, -0.15) is 0 Å². The second-order valence-electron chi connectivity index (χ2n) is 9.79. The standard InChI is InChI=1S/C27H34O12/c1-37-19(30)9-13-5-6-15(27-25(36)23(34)21(32)18(11-29)39-27)8-16(13)12-3-2-4-14(7-12)26-24(35)22(33)20(31)17(10-28)38-26/h2-8,17-18,20-29,31-36H,9-11H2,1H3/t17-,18-,20-,21-,22+,23+,24+,25+,26-,27-/m1/s1. The largest absolute Gasteiger partial charge is 0.469 e. The van der Waals surface area contributed by atoms with Crippen LogP contribution in [0, 0.1) is 0 Å². The van der Waals surface area contributed by atoms with E-state index in [1.807, 2.05) is 0 Å². The van der Waals surface area contributed by atoms with Gasteiger partial charge >= 0.3 is 5.97 Å². The molecule has 10 atom stereocenters. The lowest BCUT2D eigenvalue weighted by atomic mass is 9.87. The van der Waals surface area contributed by atoms with E-state index in [1.165, 1.54) is 7.11 Å². The van der Waals surface area contributed by atoms with Crippen LogP contribution in [0.15, 0.2) is 42.5 Å². The first kappa shape index (κ1) is 29.5. The first-order valence-electron chi connectivity index (χ1n) is 12.5. The highest BCUT2D eigenvalue weighted by Gasteiger charge is 2.45. The fraction of sp³-hybridized carbons (Fsp3) is 0.519. The molecule has 0 aliphatic carbocycles. The van der Waals surface area contributed by atoms with Crippen molar-refractivity contribution in [2.24, 2.45) is 0 Å². The van der Waals surface area contributed by atoms with Crippen LogP contribution in [-0.4, -0.2) is 116 Å². The zero-order chi connectivity index (χ0) is 28.4. The van der Waals surface area contributed by atoms with Crippen LogP contribution in [-0.2, 0) is 25.4 Å². The molecule has 0 aromatic heterocycles. The van der Waals surface area contributed by atoms with Crippen LogP contribution >= 0.6 is 0 Å². The molecule has 0 amide bonds. The molecular formula is C27H34O12. The van der Waals surface area contributed by atoms with Gasteiger partial charge < -0.3 is 55.1 Å². The topological polar surface area (TPSA) is 207 Å². The molecule has 2 aromatic carbocycles. The minimum absolute atomic E-state index is 0.106. The number of rotatable bonds is 7. The average Bonchev–Trinajstić information content (AvgIpc) is 2.95. The van der Waals surface area contributed by atoms with Gasteiger partial charge in [0.15, 0.2) is 0 Å². The lowest BCUT2D eigenvalue weighted by Crippen LogP contribution is -2.55. The third kappa shape index (κ3) is 5.86. The third-order valence-electron chi connectivity index (χ3n) is 7.34. The summed E-state index contributed by atoms with van der Waals surface area (Å²) in [6, 6.07) is 11.5. The monoisotopic (exact) mass is 550 g/mol. The summed E-state index contributed by atoms with van der Waals surface area (Å²) >= 11 is 0. The molecule has 2 aliphatic heterocycles. The molecule has 2 aromatic rings. The van der Waals surface area contributed by atoms with Gasteiger partial charge in [0.1, 0.15) is 61.0 Å². The van der Waals surface area contributed by atoms with Crippen LogP contribution in [0.4, 0.5) is 0 Å². The van der Waals surface area contributed by atoms with Crippen molar-refractivity contribution in [2.45, 2.75) is 67.5 Å². The van der Waals surface area contributed by atoms with E-state index in [0.717, 1.165) is 0 Å². The predicted octanol–water partition coefficient (Wildman–Crippen LogP) is -1.90. The van der Waals surface area contributed by atoms with E-state index in [1.54, 1.807) is 42.5 Å². The van der Waals surface area contributed by atoms with E-state index in [9.17, 15) is 45.6 Å². The van der Waals surface area contributed by atoms with Crippen molar-refractivity contribution in [1.82, 2.24) is 0 Å². The number of aliphatic hydroxyl groups excluding tert-OH is 8. The number of carbonyl (C=O) groups excluding carboxylic acids is 1. The van der Waals surface area contributed by atoms with Gasteiger partial charge in [0, 0.05) is 0 Å². The number of ether oxygens (including phenoxy) is 3. The average molecular weight is 551 g/mol. The van der Waals surface area contributed by atoms with E-state index in [-0.39, 0.29) is 6.42 Å². The summed E-state index contributed by atoms with van der Waals surface area (Å²) in [5, 5.41) is 81.1. The van der Waals surface area contributed by atoms with Gasteiger partial charge in [0.2, 0.25) is 0 Å². The molecule has 2 saturated heterocycles. The maximum Gasteiger partial charge on any atom is 0.309 e. The highest BCUT2D eigenvalue weighted by molar-refractivity contribution is 5.78. The van der Waals surface area contributed by atoms with E-state index in [4.69, 9.17) is 14.2 Å². The summed E-state index contributed by atoms with van der Waals surface area (Å²) in [6.45, 7) is -1.17. The molecule has 0 spiro atoms. The molecule has 2 aliphatic rings. The zero-order valence-electron chi connectivity index (χ0n) is 21.1. The fourth-order valence-corrected chi connectivity index (χ4v) is 5.06. The van der Waals surface area contributed by atoms with Crippen LogP contribution in [0.3, 0.4) is 0 Å². The molecule has 2 fully saturated rings. The molecule has 0 saturated carbocycles. The Morgan fingerprint density at radius 1 is 0.744 bits per heavy atom. The van der Waals surface area contributed by atoms with Gasteiger partial charge in [-0.25, -0.2) is 0 Å². The van der Waals surface area contributed by atoms with Crippen molar-refractivity contribution in [3.8, 4) is 11.1 Å². The summed E-state index contributed by atoms with van der Waals surface area (Å²) in [7, 11) is 1.25. The summed E-state index contributed by atoms with van der Waals surface area (Å²) in [5.74, 6) is -0.512. The fourth-order valence-electron chi connectivity index (χ4n) is 5.06. The van der Waals surface area contributed by atoms with Crippen molar-refractivity contribution < 1.29 is 59.9 Å². The van der Waals surface area contributed by atoms with Crippen LogP contribution in [0.2, 0.25) is 0 Å². The number of hydrogen-bond donors (Lipinski definition) is 8. The van der Waals surface area contributed by atoms with Crippen molar-refractivity contribution in [3.05, 3.63) is 59.2 Å². The van der Waals surface area contributed by atoms with E-state index in [2.05, 4.69) is 0 Å². The molecule has 0 bridgehead atoms. The molecule has 39 heavy (non-hydrogen) atoms. The number of methoxy groups -OCH3 is 1. The van der Waals surface area contributed by atoms with Crippen LogP contribution in [0.1, 0.15) is 28.9 Å². The van der Waals surface area contributed by atoms with Gasteiger partial charge in [-0.15, -0.1) is 0 Å². The Balaban J connectivity index is 1.75. The van der Waals surface area contributed by atoms with Gasteiger partial charge in [0.25, 0.3) is 0 Å². The minimum Gasteiger partial charge on any atom is -0.469 e. The normalized spacial score (nSPS) is 35.0. The molecular weight excluding hydrogens is 516 g/mol. The van der Waals surface area contributed by atoms with Crippen LogP contribution in [0.5, 0.6) is 0 Å². The van der Waals surface area contributed by atoms with Gasteiger partial charge in [-0.05, 0) is 39.9 Å². The van der Waals surface area contributed by atoms with Crippen molar-refractivity contribution >= 4 is 5.97 Å². The Morgan fingerprint density at radius 3 is 1.79 bits per heavy atom. The first-order chi connectivity index (χ1) is 18.6. The first-order valence-corrected chi connectivity index (χ1v) is 12.5. The lowest BCUT2D eigenvalue weighted by Gasteiger charge is -2.40. The Kier molecular flexibility index (Phi) is 9.34. The number of benzene rings is 2. The molecule has 214 valence electrons.